The highest BCUT2D eigenvalue weighted by Gasteiger charge is 2.34. The molecule has 1 saturated heterocycles. The van der Waals surface area contributed by atoms with E-state index in [0.717, 1.165) is 41.7 Å². The minimum absolute atomic E-state index is 0.136. The number of rotatable bonds is 3. The third kappa shape index (κ3) is 3.18. The Labute approximate surface area is 126 Å². The molecular weight excluding hydrogens is 279 g/mol. The number of piperazine rings is 1. The topological polar surface area (TPSA) is 15.3 Å². The Morgan fingerprint density at radius 3 is 2.74 bits per heavy atom. The van der Waals surface area contributed by atoms with Crippen LogP contribution in [0.3, 0.4) is 0 Å². The molecule has 2 atom stereocenters. The molecule has 0 aliphatic carbocycles. The summed E-state index contributed by atoms with van der Waals surface area (Å²) < 4.78 is 0. The fraction of sp³-hybridized carbons (Fsp3) is 0.600. The first-order chi connectivity index (χ1) is 8.99. The molecular formula is C15H22Cl2N2. The van der Waals surface area contributed by atoms with Gasteiger partial charge in [0.05, 0.1) is 10.7 Å². The Kier molecular flexibility index (Phi) is 4.65. The number of hydrogen-bond acceptors (Lipinski definition) is 2. The van der Waals surface area contributed by atoms with Crippen LogP contribution in [0.25, 0.3) is 0 Å². The average molecular weight is 301 g/mol. The van der Waals surface area contributed by atoms with Crippen molar-refractivity contribution >= 4 is 28.9 Å². The Morgan fingerprint density at radius 1 is 1.37 bits per heavy atom. The van der Waals surface area contributed by atoms with Gasteiger partial charge in [0, 0.05) is 29.7 Å². The van der Waals surface area contributed by atoms with Crippen molar-refractivity contribution in [2.75, 3.05) is 18.0 Å². The first-order valence-electron chi connectivity index (χ1n) is 6.96. The first kappa shape index (κ1) is 15.0. The lowest BCUT2D eigenvalue weighted by atomic mass is 9.92. The molecule has 106 valence electrons. The summed E-state index contributed by atoms with van der Waals surface area (Å²) >= 11 is 12.5. The summed E-state index contributed by atoms with van der Waals surface area (Å²) in [4.78, 5) is 2.41. The van der Waals surface area contributed by atoms with Crippen molar-refractivity contribution in [1.29, 1.82) is 0 Å². The molecule has 0 radical (unpaired) electrons. The molecule has 1 aromatic rings. The summed E-state index contributed by atoms with van der Waals surface area (Å²) in [7, 11) is 0. The van der Waals surface area contributed by atoms with Gasteiger partial charge < -0.3 is 10.2 Å². The molecule has 1 aromatic carbocycles. The van der Waals surface area contributed by atoms with Crippen LogP contribution in [0.4, 0.5) is 5.69 Å². The Hall–Kier alpha value is -0.440. The number of anilines is 1. The monoisotopic (exact) mass is 300 g/mol. The van der Waals surface area contributed by atoms with Gasteiger partial charge in [-0.15, -0.1) is 0 Å². The smallest absolute Gasteiger partial charge is 0.0640 e. The van der Waals surface area contributed by atoms with E-state index < -0.39 is 0 Å². The highest BCUT2D eigenvalue weighted by Crippen LogP contribution is 2.34. The molecule has 0 bridgehead atoms. The first-order valence-corrected chi connectivity index (χ1v) is 7.71. The molecule has 1 aliphatic heterocycles. The van der Waals surface area contributed by atoms with Crippen LogP contribution in [-0.4, -0.2) is 24.7 Å². The van der Waals surface area contributed by atoms with E-state index in [9.17, 15) is 0 Å². The van der Waals surface area contributed by atoms with Gasteiger partial charge in [0.15, 0.2) is 0 Å². The molecule has 0 spiro atoms. The van der Waals surface area contributed by atoms with Crippen molar-refractivity contribution in [1.82, 2.24) is 5.32 Å². The molecule has 1 fully saturated rings. The van der Waals surface area contributed by atoms with Crippen molar-refractivity contribution in [2.24, 2.45) is 0 Å². The van der Waals surface area contributed by atoms with Crippen LogP contribution in [0.5, 0.6) is 0 Å². The van der Waals surface area contributed by atoms with Crippen LogP contribution in [0.15, 0.2) is 18.2 Å². The van der Waals surface area contributed by atoms with Gasteiger partial charge in [0.25, 0.3) is 0 Å². The zero-order valence-electron chi connectivity index (χ0n) is 11.8. The van der Waals surface area contributed by atoms with E-state index in [0.29, 0.717) is 6.04 Å². The van der Waals surface area contributed by atoms with Crippen molar-refractivity contribution < 1.29 is 0 Å². The summed E-state index contributed by atoms with van der Waals surface area (Å²) in [5.41, 5.74) is 1.19. The van der Waals surface area contributed by atoms with Crippen molar-refractivity contribution in [3.8, 4) is 0 Å². The SMILES string of the molecule is CCC1CNC(C)(CC)CN1c1cc(Cl)ccc1Cl. The van der Waals surface area contributed by atoms with Crippen molar-refractivity contribution in [3.05, 3.63) is 28.2 Å². The second-order valence-electron chi connectivity index (χ2n) is 5.58. The lowest BCUT2D eigenvalue weighted by Crippen LogP contribution is -2.62. The van der Waals surface area contributed by atoms with Gasteiger partial charge >= 0.3 is 0 Å². The van der Waals surface area contributed by atoms with E-state index >= 15 is 0 Å². The van der Waals surface area contributed by atoms with Crippen LogP contribution >= 0.6 is 23.2 Å². The number of nitrogens with zero attached hydrogens (tertiary/aromatic N) is 1. The summed E-state index contributed by atoms with van der Waals surface area (Å²) in [6.07, 6.45) is 2.19. The largest absolute Gasteiger partial charge is 0.364 e. The summed E-state index contributed by atoms with van der Waals surface area (Å²) in [5, 5.41) is 5.18. The quantitative estimate of drug-likeness (QED) is 0.893. The zero-order chi connectivity index (χ0) is 14.0. The second kappa shape index (κ2) is 5.90. The van der Waals surface area contributed by atoms with E-state index in [-0.39, 0.29) is 5.54 Å². The molecule has 2 rings (SSSR count). The van der Waals surface area contributed by atoms with Gasteiger partial charge in [-0.25, -0.2) is 0 Å². The lowest BCUT2D eigenvalue weighted by molar-refractivity contribution is 0.276. The predicted octanol–water partition coefficient (Wildman–Crippen LogP) is 4.35. The van der Waals surface area contributed by atoms with Gasteiger partial charge in [-0.3, -0.25) is 0 Å². The van der Waals surface area contributed by atoms with Crippen LogP contribution in [0.1, 0.15) is 33.6 Å². The van der Waals surface area contributed by atoms with Crippen molar-refractivity contribution in [3.63, 3.8) is 0 Å². The molecule has 0 saturated carbocycles. The minimum Gasteiger partial charge on any atom is -0.364 e. The van der Waals surface area contributed by atoms with E-state index in [1.165, 1.54) is 0 Å². The third-order valence-electron chi connectivity index (χ3n) is 4.19. The molecule has 2 unspecified atom stereocenters. The van der Waals surface area contributed by atoms with Crippen LogP contribution in [0, 0.1) is 0 Å². The fourth-order valence-corrected chi connectivity index (χ4v) is 3.02. The van der Waals surface area contributed by atoms with Gasteiger partial charge in [-0.1, -0.05) is 37.0 Å². The molecule has 0 aromatic heterocycles. The Bertz CT molecular complexity index is 450. The summed E-state index contributed by atoms with van der Waals surface area (Å²) in [6, 6.07) is 6.18. The molecule has 1 heterocycles. The van der Waals surface area contributed by atoms with E-state index in [4.69, 9.17) is 23.2 Å². The number of halogens is 2. The zero-order valence-corrected chi connectivity index (χ0v) is 13.4. The van der Waals surface area contributed by atoms with Gasteiger partial charge in [0.1, 0.15) is 0 Å². The van der Waals surface area contributed by atoms with Gasteiger partial charge in [-0.05, 0) is 38.0 Å². The highest BCUT2D eigenvalue weighted by molar-refractivity contribution is 6.35. The van der Waals surface area contributed by atoms with E-state index in [2.05, 4.69) is 31.0 Å². The molecule has 0 amide bonds. The second-order valence-corrected chi connectivity index (χ2v) is 6.42. The summed E-state index contributed by atoms with van der Waals surface area (Å²) in [5.74, 6) is 0. The maximum Gasteiger partial charge on any atom is 0.0640 e. The van der Waals surface area contributed by atoms with E-state index in [1.807, 2.05) is 18.2 Å². The number of nitrogens with one attached hydrogen (secondary N) is 1. The maximum absolute atomic E-state index is 6.37. The molecule has 4 heteroatoms. The van der Waals surface area contributed by atoms with Crippen molar-refractivity contribution in [2.45, 2.75) is 45.2 Å². The van der Waals surface area contributed by atoms with Gasteiger partial charge in [-0.2, -0.15) is 0 Å². The molecule has 1 aliphatic rings. The van der Waals surface area contributed by atoms with E-state index in [1.54, 1.807) is 0 Å². The lowest BCUT2D eigenvalue weighted by Gasteiger charge is -2.47. The Morgan fingerprint density at radius 2 is 2.11 bits per heavy atom. The Balaban J connectivity index is 2.35. The normalized spacial score (nSPS) is 27.6. The fourth-order valence-electron chi connectivity index (χ4n) is 2.62. The van der Waals surface area contributed by atoms with Crippen LogP contribution < -0.4 is 10.2 Å². The van der Waals surface area contributed by atoms with Gasteiger partial charge in [0.2, 0.25) is 0 Å². The maximum atomic E-state index is 6.37. The summed E-state index contributed by atoms with van der Waals surface area (Å²) in [6.45, 7) is 8.65. The minimum atomic E-state index is 0.136. The third-order valence-corrected chi connectivity index (χ3v) is 4.75. The predicted molar refractivity (Wildman–Crippen MR) is 84.6 cm³/mol. The number of hydrogen-bond donors (Lipinski definition) is 1. The van der Waals surface area contributed by atoms with Crippen LogP contribution in [-0.2, 0) is 0 Å². The standard InChI is InChI=1S/C15H22Cl2N2/c1-4-12-9-18-15(3,5-2)10-19(12)14-8-11(16)6-7-13(14)17/h6-8,12,18H,4-5,9-10H2,1-3H3. The van der Waals surface area contributed by atoms with Crippen LogP contribution in [0.2, 0.25) is 10.0 Å². The molecule has 19 heavy (non-hydrogen) atoms. The highest BCUT2D eigenvalue weighted by atomic mass is 35.5. The molecule has 2 nitrogen and oxygen atoms in total. The molecule has 1 N–H and O–H groups in total. The average Bonchev–Trinajstić information content (AvgIpc) is 2.41. The number of benzene rings is 1.